The average Bonchev–Trinajstić information content (AvgIpc) is 3.13. The number of hydrogen-bond donors (Lipinski definition) is 4. The van der Waals surface area contributed by atoms with E-state index in [-0.39, 0.29) is 25.7 Å². The molecule has 0 radical (unpaired) electrons. The lowest BCUT2D eigenvalue weighted by atomic mass is 10.0. The molecule has 5 N–H and O–H groups in total. The van der Waals surface area contributed by atoms with Crippen molar-refractivity contribution in [1.82, 2.24) is 5.32 Å². The van der Waals surface area contributed by atoms with Gasteiger partial charge in [0.25, 0.3) is 0 Å². The first-order chi connectivity index (χ1) is 25.4. The number of aliphatic hydroxyl groups is 1. The van der Waals surface area contributed by atoms with Gasteiger partial charge in [-0.2, -0.15) is 0 Å². The van der Waals surface area contributed by atoms with Crippen molar-refractivity contribution in [1.29, 1.82) is 0 Å². The van der Waals surface area contributed by atoms with Gasteiger partial charge in [-0.3, -0.25) is 13.8 Å². The summed E-state index contributed by atoms with van der Waals surface area (Å²) in [4.78, 5) is 22.7. The number of nitrogens with two attached hydrogens (primary N) is 1. The number of phosphoric ester groups is 1. The van der Waals surface area contributed by atoms with Crippen LogP contribution in [-0.4, -0.2) is 47.8 Å². The highest BCUT2D eigenvalue weighted by atomic mass is 31.2. The second-order valence-corrected chi connectivity index (χ2v) is 17.1. The molecule has 0 bridgehead atoms. The normalized spacial score (nSPS) is 14.0. The van der Waals surface area contributed by atoms with Gasteiger partial charge in [0.15, 0.2) is 0 Å². The summed E-state index contributed by atoms with van der Waals surface area (Å²) in [5, 5.41) is 13.8. The number of carbonyl (C=O) groups excluding carboxylic acids is 1. The maximum Gasteiger partial charge on any atom is 0.472 e. The molecule has 0 aromatic rings. The minimum atomic E-state index is -4.31. The molecule has 312 valence electrons. The third-order valence-corrected chi connectivity index (χ3v) is 11.4. The molecule has 0 heterocycles. The summed E-state index contributed by atoms with van der Waals surface area (Å²) in [5.41, 5.74) is 5.38. The molecule has 0 aliphatic heterocycles. The number of amides is 1. The fourth-order valence-electron chi connectivity index (χ4n) is 7.02. The van der Waals surface area contributed by atoms with Crippen LogP contribution < -0.4 is 11.1 Å². The van der Waals surface area contributed by atoms with Gasteiger partial charge in [0.1, 0.15) is 0 Å². The van der Waals surface area contributed by atoms with Crippen molar-refractivity contribution in [2.75, 3.05) is 19.8 Å². The van der Waals surface area contributed by atoms with Crippen LogP contribution in [0.15, 0.2) is 0 Å². The average molecular weight is 761 g/mol. The largest absolute Gasteiger partial charge is 0.472 e. The molecule has 0 saturated carbocycles. The molecule has 0 aromatic carbocycles. The summed E-state index contributed by atoms with van der Waals surface area (Å²) in [6, 6.07) is -0.767. The fourth-order valence-corrected chi connectivity index (χ4v) is 7.78. The first-order valence-electron chi connectivity index (χ1n) is 22.7. The summed E-state index contributed by atoms with van der Waals surface area (Å²) in [6.45, 7) is 4.24. The number of carbonyl (C=O) groups is 1. The minimum Gasteiger partial charge on any atom is -0.391 e. The van der Waals surface area contributed by atoms with E-state index in [0.717, 1.165) is 38.5 Å². The Bertz CT molecular complexity index is 789. The van der Waals surface area contributed by atoms with Crippen LogP contribution in [0.3, 0.4) is 0 Å². The summed E-state index contributed by atoms with van der Waals surface area (Å²) < 4.78 is 22.2. The van der Waals surface area contributed by atoms with E-state index in [1.54, 1.807) is 0 Å². The molecule has 0 aromatic heterocycles. The summed E-state index contributed by atoms with van der Waals surface area (Å²) in [5.74, 6) is -0.156. The summed E-state index contributed by atoms with van der Waals surface area (Å²) >= 11 is 0. The van der Waals surface area contributed by atoms with E-state index in [2.05, 4.69) is 19.2 Å². The van der Waals surface area contributed by atoms with Crippen LogP contribution >= 0.6 is 7.82 Å². The quantitative estimate of drug-likeness (QED) is 0.0359. The zero-order chi connectivity index (χ0) is 38.2. The van der Waals surface area contributed by atoms with Crippen molar-refractivity contribution in [3.8, 4) is 0 Å². The molecule has 3 atom stereocenters. The second-order valence-electron chi connectivity index (χ2n) is 15.6. The number of hydrogen-bond acceptors (Lipinski definition) is 6. The molecule has 1 amide bonds. The van der Waals surface area contributed by atoms with Crippen LogP contribution in [0.1, 0.15) is 239 Å². The zero-order valence-corrected chi connectivity index (χ0v) is 35.5. The smallest absolute Gasteiger partial charge is 0.391 e. The van der Waals surface area contributed by atoms with Gasteiger partial charge in [0, 0.05) is 13.0 Å². The predicted molar refractivity (Wildman–Crippen MR) is 222 cm³/mol. The molecule has 0 saturated heterocycles. The highest BCUT2D eigenvalue weighted by Crippen LogP contribution is 2.43. The Morgan fingerprint density at radius 2 is 0.885 bits per heavy atom. The van der Waals surface area contributed by atoms with Gasteiger partial charge in [-0.15, -0.1) is 0 Å². The third kappa shape index (κ3) is 37.8. The molecule has 1 unspecified atom stereocenters. The van der Waals surface area contributed by atoms with E-state index in [1.165, 1.54) is 173 Å². The molecule has 9 heteroatoms. The maximum atomic E-state index is 12.8. The van der Waals surface area contributed by atoms with E-state index in [4.69, 9.17) is 14.8 Å². The highest BCUT2D eigenvalue weighted by molar-refractivity contribution is 7.47. The van der Waals surface area contributed by atoms with Gasteiger partial charge in [-0.25, -0.2) is 4.57 Å². The molecule has 0 aliphatic carbocycles. The molecule has 0 spiro atoms. The van der Waals surface area contributed by atoms with Gasteiger partial charge in [0.05, 0.1) is 25.4 Å². The summed E-state index contributed by atoms with van der Waals surface area (Å²) in [6.07, 6.45) is 42.5. The van der Waals surface area contributed by atoms with E-state index >= 15 is 0 Å². The van der Waals surface area contributed by atoms with Crippen LogP contribution in [0.25, 0.3) is 0 Å². The molecule has 52 heavy (non-hydrogen) atoms. The van der Waals surface area contributed by atoms with Gasteiger partial charge >= 0.3 is 7.82 Å². The lowest BCUT2D eigenvalue weighted by Crippen LogP contribution is -2.46. The van der Waals surface area contributed by atoms with Crippen molar-refractivity contribution in [2.24, 2.45) is 5.73 Å². The van der Waals surface area contributed by atoms with Crippen LogP contribution in [-0.2, 0) is 18.4 Å². The first kappa shape index (κ1) is 51.5. The van der Waals surface area contributed by atoms with E-state index < -0.39 is 20.0 Å². The highest BCUT2D eigenvalue weighted by Gasteiger charge is 2.27. The van der Waals surface area contributed by atoms with Crippen LogP contribution in [0, 0.1) is 0 Å². The lowest BCUT2D eigenvalue weighted by molar-refractivity contribution is -0.123. The number of phosphoric acid groups is 1. The van der Waals surface area contributed by atoms with Crippen LogP contribution in [0.5, 0.6) is 0 Å². The van der Waals surface area contributed by atoms with E-state index in [0.29, 0.717) is 12.8 Å². The van der Waals surface area contributed by atoms with E-state index in [1.807, 2.05) is 0 Å². The molecule has 8 nitrogen and oxygen atoms in total. The predicted octanol–water partition coefficient (Wildman–Crippen LogP) is 12.6. The van der Waals surface area contributed by atoms with Gasteiger partial charge in [0.2, 0.25) is 5.91 Å². The van der Waals surface area contributed by atoms with Gasteiger partial charge in [-0.05, 0) is 12.8 Å². The molecule has 0 rings (SSSR count). The molecular weight excluding hydrogens is 671 g/mol. The minimum absolute atomic E-state index is 0.0926. The molecule has 0 aliphatic rings. The number of unbranched alkanes of at least 4 members (excludes halogenated alkanes) is 31. The van der Waals surface area contributed by atoms with Crippen molar-refractivity contribution in [3.63, 3.8) is 0 Å². The Hall–Kier alpha value is -0.500. The summed E-state index contributed by atoms with van der Waals surface area (Å²) in [7, 11) is -4.31. The van der Waals surface area contributed by atoms with Gasteiger partial charge in [-0.1, -0.05) is 219 Å². The van der Waals surface area contributed by atoms with Crippen molar-refractivity contribution in [2.45, 2.75) is 251 Å². The lowest BCUT2D eigenvalue weighted by Gasteiger charge is -2.25. The Balaban J connectivity index is 4.09. The van der Waals surface area contributed by atoms with Gasteiger partial charge < -0.3 is 21.1 Å². The Morgan fingerprint density at radius 3 is 1.23 bits per heavy atom. The first-order valence-corrected chi connectivity index (χ1v) is 24.1. The standard InChI is InChI=1S/C43H89N2O6P/c1-3-5-7-9-11-13-15-17-19-20-21-23-25-27-29-31-33-35-37-43(47)45-41(40-51-52(48,49)50-39-38-44)42(46)36-34-32-30-28-26-24-22-18-16-14-12-10-8-6-4-2/h41-42,46H,3-40,44H2,1-2H3,(H,45,47)(H,48,49)/t41-,42+/m0/s1. The van der Waals surface area contributed by atoms with Crippen molar-refractivity contribution in [3.05, 3.63) is 0 Å². The maximum absolute atomic E-state index is 12.8. The molecular formula is C43H89N2O6P. The number of aliphatic hydroxyl groups excluding tert-OH is 1. The van der Waals surface area contributed by atoms with E-state index in [9.17, 15) is 19.4 Å². The Kier molecular flexibility index (Phi) is 39.8. The Morgan fingerprint density at radius 1 is 0.558 bits per heavy atom. The third-order valence-electron chi connectivity index (χ3n) is 10.5. The zero-order valence-electron chi connectivity index (χ0n) is 34.6. The SMILES string of the molecule is CCCCCCCCCCCCCCCCCCCCC(=O)N[C@@H](COP(=O)(O)OCCN)[C@H](O)CCCCCCCCCCCCCCCCC. The van der Waals surface area contributed by atoms with Crippen molar-refractivity contribution >= 4 is 13.7 Å². The monoisotopic (exact) mass is 761 g/mol. The van der Waals surface area contributed by atoms with Crippen LogP contribution in [0.4, 0.5) is 0 Å². The Labute approximate surface area is 322 Å². The van der Waals surface area contributed by atoms with Crippen LogP contribution in [0.2, 0.25) is 0 Å². The number of nitrogens with one attached hydrogen (secondary N) is 1. The number of rotatable bonds is 43. The second kappa shape index (κ2) is 40.2. The topological polar surface area (TPSA) is 131 Å². The fraction of sp³-hybridized carbons (Fsp3) is 0.977. The van der Waals surface area contributed by atoms with Crippen molar-refractivity contribution < 1.29 is 28.4 Å². The molecule has 0 fully saturated rings.